The molecule has 6 unspecified atom stereocenters. The van der Waals surface area contributed by atoms with Gasteiger partial charge in [-0.25, -0.2) is 4.79 Å². The van der Waals surface area contributed by atoms with E-state index in [2.05, 4.69) is 142 Å². The van der Waals surface area contributed by atoms with Crippen LogP contribution in [0.2, 0.25) is 0 Å². The lowest BCUT2D eigenvalue weighted by Gasteiger charge is -2.40. The molecule has 0 amide bonds. The van der Waals surface area contributed by atoms with Gasteiger partial charge in [0.05, 0.1) is 6.61 Å². The van der Waals surface area contributed by atoms with Crippen molar-refractivity contribution >= 4 is 23.9 Å². The predicted octanol–water partition coefficient (Wildman–Crippen LogP) is 17.6. The number of hydrogen-bond acceptors (Lipinski definition) is 11. The first-order chi connectivity index (χ1) is 40.6. The lowest BCUT2D eigenvalue weighted by molar-refractivity contribution is -0.301. The number of carbonyl (C=O) groups is 4. The van der Waals surface area contributed by atoms with Crippen LogP contribution in [0.25, 0.3) is 0 Å². The van der Waals surface area contributed by atoms with Crippen LogP contribution in [0, 0.1) is 0 Å². The van der Waals surface area contributed by atoms with Crippen LogP contribution in [-0.4, -0.2) is 89.2 Å². The molecular weight excluding hydrogens is 1040 g/mol. The van der Waals surface area contributed by atoms with Crippen LogP contribution < -0.4 is 0 Å². The maximum absolute atomic E-state index is 13.2. The molecule has 0 aromatic carbocycles. The molecule has 1 fully saturated rings. The van der Waals surface area contributed by atoms with E-state index in [1.807, 2.05) is 0 Å². The van der Waals surface area contributed by atoms with E-state index in [1.54, 1.807) is 0 Å². The average molecular weight is 1160 g/mol. The monoisotopic (exact) mass is 1160 g/mol. The Kier molecular flexibility index (Phi) is 52.8. The minimum absolute atomic E-state index is 0.0351. The number of rotatable bonds is 54. The Morgan fingerprint density at radius 2 is 0.759 bits per heavy atom. The number of aliphatic carboxylic acids is 1. The molecule has 1 aliphatic rings. The largest absolute Gasteiger partial charge is 0.479 e. The van der Waals surface area contributed by atoms with Gasteiger partial charge in [-0.15, -0.1) is 0 Å². The Bertz CT molecular complexity index is 1900. The molecule has 1 rings (SSSR count). The van der Waals surface area contributed by atoms with E-state index in [-0.39, 0.29) is 25.9 Å². The van der Waals surface area contributed by atoms with Gasteiger partial charge in [0.2, 0.25) is 0 Å². The molecule has 0 radical (unpaired) electrons. The number of unbranched alkanes of at least 4 members (excludes halogenated alkanes) is 20. The van der Waals surface area contributed by atoms with Gasteiger partial charge in [0.15, 0.2) is 24.6 Å². The predicted molar refractivity (Wildman–Crippen MR) is 340 cm³/mol. The minimum atomic E-state index is -1.92. The van der Waals surface area contributed by atoms with Crippen molar-refractivity contribution < 1.29 is 58.2 Å². The van der Waals surface area contributed by atoms with E-state index in [1.165, 1.54) is 19.3 Å². The fraction of sp³-hybridized carbons (Fsp3) is 0.662. The van der Waals surface area contributed by atoms with E-state index >= 15 is 0 Å². The summed E-state index contributed by atoms with van der Waals surface area (Å²) in [4.78, 5) is 51.4. The van der Waals surface area contributed by atoms with Gasteiger partial charge < -0.3 is 39.0 Å². The molecule has 6 atom stereocenters. The Morgan fingerprint density at radius 1 is 0.410 bits per heavy atom. The first kappa shape index (κ1) is 76.1. The fourth-order valence-corrected chi connectivity index (χ4v) is 9.09. The number of carbonyl (C=O) groups excluding carboxylic acids is 3. The zero-order valence-corrected chi connectivity index (χ0v) is 51.9. The summed E-state index contributed by atoms with van der Waals surface area (Å²) in [5, 5.41) is 31.6. The molecule has 0 aromatic heterocycles. The van der Waals surface area contributed by atoms with Crippen LogP contribution in [-0.2, 0) is 42.9 Å². The minimum Gasteiger partial charge on any atom is -0.479 e. The number of carboxylic acid groups (broad SMARTS) is 1. The summed E-state index contributed by atoms with van der Waals surface area (Å²) < 4.78 is 28.5. The Morgan fingerprint density at radius 3 is 1.16 bits per heavy atom. The topological polar surface area (TPSA) is 175 Å². The second-order valence-electron chi connectivity index (χ2n) is 21.6. The third kappa shape index (κ3) is 47.1. The van der Waals surface area contributed by atoms with Crippen molar-refractivity contribution in [3.63, 3.8) is 0 Å². The number of aliphatic hydroxyl groups is 2. The average Bonchev–Trinajstić information content (AvgIpc) is 3.57. The van der Waals surface area contributed by atoms with Crippen molar-refractivity contribution in [2.75, 3.05) is 13.2 Å². The second-order valence-corrected chi connectivity index (χ2v) is 21.6. The highest BCUT2D eigenvalue weighted by molar-refractivity contribution is 5.74. The molecule has 0 saturated carbocycles. The summed E-state index contributed by atoms with van der Waals surface area (Å²) >= 11 is 0. The van der Waals surface area contributed by atoms with Gasteiger partial charge >= 0.3 is 23.9 Å². The van der Waals surface area contributed by atoms with Gasteiger partial charge in [-0.3, -0.25) is 14.4 Å². The molecule has 0 spiro atoms. The van der Waals surface area contributed by atoms with Gasteiger partial charge in [-0.1, -0.05) is 226 Å². The summed E-state index contributed by atoms with van der Waals surface area (Å²) in [7, 11) is 0. The maximum atomic E-state index is 13.2. The standard InChI is InChI=1S/C71H114O12/c1-4-7-10-13-16-19-22-25-28-30-32-34-37-39-42-45-48-51-54-57-63(72)79-60-62(81-64(73)58-55-52-49-46-43-40-36-27-24-21-18-15-12-9-6-3)61-80-71-69(67(76)66(75)68(83-71)70(77)78)82-65(74)59-56-53-50-47-44-41-38-35-33-31-29-26-23-20-17-14-11-8-5-2/h7-8,10-11,16-21,25-29,32-36,62,66-69,71,75-76H,4-6,9,12-15,22-24,30-31,37-61H2,1-3H3,(H,77,78)/b10-7-,11-8-,19-16-,20-17-,21-18-,28-25-,29-26-,34-32-,35-33-,36-27-. The SMILES string of the molecule is CC/C=C\C/C=C\C/C=C\C/C=C\CCCCCCCCC(=O)OCC(COC1OC(C(=O)O)C(O)C(O)C1OC(=O)CCCCCCCC/C=C\C/C=C\C/C=C\C/C=C\CC)OC(=O)CCCCCCC/C=C\C/C=C\CCCCC. The zero-order valence-electron chi connectivity index (χ0n) is 51.9. The van der Waals surface area contributed by atoms with Crippen molar-refractivity contribution in [2.45, 2.75) is 289 Å². The van der Waals surface area contributed by atoms with Crippen molar-refractivity contribution in [3.05, 3.63) is 122 Å². The smallest absolute Gasteiger partial charge is 0.335 e. The normalized spacial score (nSPS) is 18.4. The number of aliphatic hydroxyl groups excluding tert-OH is 2. The summed E-state index contributed by atoms with van der Waals surface area (Å²) in [5.74, 6) is -3.18. The highest BCUT2D eigenvalue weighted by Crippen LogP contribution is 2.26. The van der Waals surface area contributed by atoms with Gasteiger partial charge in [0.25, 0.3) is 0 Å². The zero-order chi connectivity index (χ0) is 60.3. The Balaban J connectivity index is 2.69. The van der Waals surface area contributed by atoms with Crippen LogP contribution in [0.1, 0.15) is 252 Å². The molecule has 0 bridgehead atoms. The molecular formula is C71H114O12. The summed E-state index contributed by atoms with van der Waals surface area (Å²) in [6, 6.07) is 0. The van der Waals surface area contributed by atoms with Crippen LogP contribution in [0.5, 0.6) is 0 Å². The van der Waals surface area contributed by atoms with Crippen molar-refractivity contribution in [3.8, 4) is 0 Å². The van der Waals surface area contributed by atoms with Gasteiger partial charge in [-0.2, -0.15) is 0 Å². The van der Waals surface area contributed by atoms with Gasteiger partial charge in [-0.05, 0) is 128 Å². The van der Waals surface area contributed by atoms with Crippen molar-refractivity contribution in [1.82, 2.24) is 0 Å². The fourth-order valence-electron chi connectivity index (χ4n) is 9.09. The number of ether oxygens (including phenoxy) is 5. The number of carboxylic acids is 1. The van der Waals surface area contributed by atoms with E-state index < -0.39 is 67.3 Å². The Hall–Kier alpha value is -4.88. The first-order valence-corrected chi connectivity index (χ1v) is 32.5. The molecule has 470 valence electrons. The molecule has 1 aliphatic heterocycles. The van der Waals surface area contributed by atoms with E-state index in [4.69, 9.17) is 23.7 Å². The molecule has 83 heavy (non-hydrogen) atoms. The van der Waals surface area contributed by atoms with Crippen LogP contribution >= 0.6 is 0 Å². The molecule has 12 heteroatoms. The molecule has 3 N–H and O–H groups in total. The highest BCUT2D eigenvalue weighted by Gasteiger charge is 2.50. The first-order valence-electron chi connectivity index (χ1n) is 32.5. The molecule has 1 saturated heterocycles. The van der Waals surface area contributed by atoms with E-state index in [0.29, 0.717) is 19.3 Å². The quantitative estimate of drug-likeness (QED) is 0.0228. The van der Waals surface area contributed by atoms with Crippen LogP contribution in [0.3, 0.4) is 0 Å². The molecule has 0 aliphatic carbocycles. The lowest BCUT2D eigenvalue weighted by atomic mass is 9.98. The third-order valence-electron chi connectivity index (χ3n) is 14.0. The number of allylic oxidation sites excluding steroid dienone is 20. The number of esters is 3. The van der Waals surface area contributed by atoms with Gasteiger partial charge in [0.1, 0.15) is 18.8 Å². The summed E-state index contributed by atoms with van der Waals surface area (Å²) in [5.41, 5.74) is 0. The molecule has 1 heterocycles. The van der Waals surface area contributed by atoms with Crippen LogP contribution in [0.15, 0.2) is 122 Å². The van der Waals surface area contributed by atoms with Crippen molar-refractivity contribution in [2.24, 2.45) is 0 Å². The molecule has 12 nitrogen and oxygen atoms in total. The third-order valence-corrected chi connectivity index (χ3v) is 14.0. The Labute approximate surface area is 503 Å². The van der Waals surface area contributed by atoms with E-state index in [9.17, 15) is 34.5 Å². The lowest BCUT2D eigenvalue weighted by Crippen LogP contribution is -2.61. The van der Waals surface area contributed by atoms with E-state index in [0.717, 1.165) is 173 Å². The second kappa shape index (κ2) is 57.5. The summed E-state index contributed by atoms with van der Waals surface area (Å²) in [6.07, 6.45) is 67.2. The van der Waals surface area contributed by atoms with Crippen molar-refractivity contribution in [1.29, 1.82) is 0 Å². The van der Waals surface area contributed by atoms with Crippen LogP contribution in [0.4, 0.5) is 0 Å². The molecule has 0 aromatic rings. The highest BCUT2D eigenvalue weighted by atomic mass is 16.7. The number of hydrogen-bond donors (Lipinski definition) is 3. The maximum Gasteiger partial charge on any atom is 0.335 e. The summed E-state index contributed by atoms with van der Waals surface area (Å²) in [6.45, 7) is 5.72. The van der Waals surface area contributed by atoms with Gasteiger partial charge in [0, 0.05) is 19.3 Å².